The second-order valence-electron chi connectivity index (χ2n) is 6.18. The van der Waals surface area contributed by atoms with Crippen molar-refractivity contribution in [3.05, 3.63) is 45.5 Å². The van der Waals surface area contributed by atoms with Crippen LogP contribution in [0.2, 0.25) is 5.02 Å². The minimum atomic E-state index is -0.410. The summed E-state index contributed by atoms with van der Waals surface area (Å²) in [4.78, 5) is 27.2. The zero-order chi connectivity index (χ0) is 17.1. The molecule has 2 aliphatic rings. The van der Waals surface area contributed by atoms with Crippen LogP contribution in [0.5, 0.6) is 0 Å². The Morgan fingerprint density at radius 3 is 2.58 bits per heavy atom. The molecule has 0 saturated carbocycles. The number of nitrogens with zero attached hydrogens (tertiary/aromatic N) is 3. The Bertz CT molecular complexity index is 669. The number of allylic oxidation sites excluding steroid dienone is 2. The lowest BCUT2D eigenvalue weighted by Crippen LogP contribution is -2.50. The van der Waals surface area contributed by atoms with E-state index in [9.17, 15) is 14.9 Å². The molecule has 3 rings (SSSR count). The molecule has 6 nitrogen and oxygen atoms in total. The van der Waals surface area contributed by atoms with E-state index >= 15 is 0 Å². The zero-order valence-electron chi connectivity index (χ0n) is 13.4. The first-order valence-electron chi connectivity index (χ1n) is 8.19. The van der Waals surface area contributed by atoms with Crippen LogP contribution >= 0.6 is 11.6 Å². The maximum absolute atomic E-state index is 12.6. The van der Waals surface area contributed by atoms with Gasteiger partial charge in [0.15, 0.2) is 0 Å². The van der Waals surface area contributed by atoms with Gasteiger partial charge in [-0.3, -0.25) is 14.9 Å². The third kappa shape index (κ3) is 3.53. The lowest BCUT2D eigenvalue weighted by molar-refractivity contribution is -0.384. The van der Waals surface area contributed by atoms with E-state index in [4.69, 9.17) is 11.6 Å². The van der Waals surface area contributed by atoms with Gasteiger partial charge in [0.1, 0.15) is 5.69 Å². The van der Waals surface area contributed by atoms with Crippen molar-refractivity contribution in [2.24, 2.45) is 5.92 Å². The molecule has 1 aliphatic heterocycles. The highest BCUT2D eigenvalue weighted by atomic mass is 35.5. The summed E-state index contributed by atoms with van der Waals surface area (Å²) in [7, 11) is 0. The Labute approximate surface area is 145 Å². The molecule has 128 valence electrons. The van der Waals surface area contributed by atoms with Gasteiger partial charge in [0, 0.05) is 43.2 Å². The molecule has 1 aliphatic carbocycles. The fourth-order valence-electron chi connectivity index (χ4n) is 3.35. The number of nitro benzene ring substituents is 1. The van der Waals surface area contributed by atoms with E-state index in [1.54, 1.807) is 12.1 Å². The van der Waals surface area contributed by atoms with Crippen molar-refractivity contribution in [3.8, 4) is 0 Å². The summed E-state index contributed by atoms with van der Waals surface area (Å²) in [6, 6.07) is 4.72. The number of benzene rings is 1. The van der Waals surface area contributed by atoms with Gasteiger partial charge >= 0.3 is 0 Å². The number of carbonyl (C=O) groups is 1. The Kier molecular flexibility index (Phi) is 5.04. The summed E-state index contributed by atoms with van der Waals surface area (Å²) >= 11 is 5.87. The molecule has 1 unspecified atom stereocenters. The molecule has 1 fully saturated rings. The molecule has 1 heterocycles. The highest BCUT2D eigenvalue weighted by Crippen LogP contribution is 2.32. The van der Waals surface area contributed by atoms with Crippen LogP contribution in [0, 0.1) is 16.0 Å². The lowest BCUT2D eigenvalue weighted by Gasteiger charge is -2.37. The SMILES string of the molecule is O=C(C1CC=CCC1)N1CCN(c2ccc(Cl)cc2[N+](=O)[O-])CC1. The minimum Gasteiger partial charge on any atom is -0.362 e. The van der Waals surface area contributed by atoms with Gasteiger partial charge in [0.2, 0.25) is 5.91 Å². The molecule has 1 amide bonds. The molecule has 0 aromatic heterocycles. The Morgan fingerprint density at radius 2 is 1.96 bits per heavy atom. The first kappa shape index (κ1) is 16.8. The quantitative estimate of drug-likeness (QED) is 0.477. The molecule has 1 atom stereocenters. The first-order valence-corrected chi connectivity index (χ1v) is 8.56. The number of hydrogen-bond acceptors (Lipinski definition) is 4. The average molecular weight is 350 g/mol. The Morgan fingerprint density at radius 1 is 1.21 bits per heavy atom. The van der Waals surface area contributed by atoms with Crippen molar-refractivity contribution in [1.29, 1.82) is 0 Å². The summed E-state index contributed by atoms with van der Waals surface area (Å²) in [6.45, 7) is 2.38. The smallest absolute Gasteiger partial charge is 0.294 e. The van der Waals surface area contributed by atoms with Gasteiger partial charge in [0.25, 0.3) is 5.69 Å². The maximum atomic E-state index is 12.6. The van der Waals surface area contributed by atoms with Crippen LogP contribution in [0.3, 0.4) is 0 Å². The van der Waals surface area contributed by atoms with Crippen molar-refractivity contribution < 1.29 is 9.72 Å². The average Bonchev–Trinajstić information content (AvgIpc) is 2.62. The van der Waals surface area contributed by atoms with Crippen LogP contribution in [-0.2, 0) is 4.79 Å². The first-order chi connectivity index (χ1) is 11.6. The second-order valence-corrected chi connectivity index (χ2v) is 6.62. The molecule has 1 saturated heterocycles. The molecule has 0 N–H and O–H groups in total. The topological polar surface area (TPSA) is 66.7 Å². The van der Waals surface area contributed by atoms with Crippen LogP contribution in [0.15, 0.2) is 30.4 Å². The van der Waals surface area contributed by atoms with E-state index in [1.165, 1.54) is 6.07 Å². The molecule has 24 heavy (non-hydrogen) atoms. The maximum Gasteiger partial charge on any atom is 0.294 e. The molecule has 0 bridgehead atoms. The monoisotopic (exact) mass is 349 g/mol. The lowest BCUT2D eigenvalue weighted by atomic mass is 9.93. The molecular weight excluding hydrogens is 330 g/mol. The van der Waals surface area contributed by atoms with E-state index < -0.39 is 4.92 Å². The molecule has 7 heteroatoms. The minimum absolute atomic E-state index is 0.0136. The number of piperazine rings is 1. The largest absolute Gasteiger partial charge is 0.362 e. The number of anilines is 1. The van der Waals surface area contributed by atoms with E-state index in [-0.39, 0.29) is 17.5 Å². The number of halogens is 1. The van der Waals surface area contributed by atoms with Gasteiger partial charge in [-0.05, 0) is 31.4 Å². The third-order valence-corrected chi connectivity index (χ3v) is 4.92. The van der Waals surface area contributed by atoms with E-state index in [0.717, 1.165) is 19.3 Å². The van der Waals surface area contributed by atoms with Gasteiger partial charge in [-0.15, -0.1) is 0 Å². The van der Waals surface area contributed by atoms with Crippen LogP contribution < -0.4 is 4.90 Å². The highest BCUT2D eigenvalue weighted by molar-refractivity contribution is 6.30. The predicted molar refractivity (Wildman–Crippen MR) is 93.4 cm³/mol. The second kappa shape index (κ2) is 7.21. The van der Waals surface area contributed by atoms with Crippen molar-refractivity contribution in [2.75, 3.05) is 31.1 Å². The summed E-state index contributed by atoms with van der Waals surface area (Å²) in [5.74, 6) is 0.302. The summed E-state index contributed by atoms with van der Waals surface area (Å²) in [5, 5.41) is 11.6. The van der Waals surface area contributed by atoms with E-state index in [2.05, 4.69) is 12.2 Å². The van der Waals surface area contributed by atoms with Crippen LogP contribution in [-0.4, -0.2) is 41.9 Å². The summed E-state index contributed by atoms with van der Waals surface area (Å²) in [5.41, 5.74) is 0.580. The Hall–Kier alpha value is -2.08. The van der Waals surface area contributed by atoms with Crippen LogP contribution in [0.25, 0.3) is 0 Å². The van der Waals surface area contributed by atoms with Crippen molar-refractivity contribution >= 4 is 28.9 Å². The van der Waals surface area contributed by atoms with Gasteiger partial charge in [-0.25, -0.2) is 0 Å². The fraction of sp³-hybridized carbons (Fsp3) is 0.471. The Balaban J connectivity index is 1.66. The van der Waals surface area contributed by atoms with E-state index in [0.29, 0.717) is 36.9 Å². The molecule has 0 radical (unpaired) electrons. The summed E-state index contributed by atoms with van der Waals surface area (Å²) in [6.07, 6.45) is 6.91. The van der Waals surface area contributed by atoms with Crippen molar-refractivity contribution in [1.82, 2.24) is 4.90 Å². The normalized spacial score (nSPS) is 21.0. The van der Waals surface area contributed by atoms with Crippen LogP contribution in [0.4, 0.5) is 11.4 Å². The predicted octanol–water partition coefficient (Wildman–Crippen LogP) is 3.25. The number of rotatable bonds is 3. The molecular formula is C17H20ClN3O3. The molecule has 1 aromatic rings. The number of nitro groups is 1. The van der Waals surface area contributed by atoms with Gasteiger partial charge in [-0.2, -0.15) is 0 Å². The highest BCUT2D eigenvalue weighted by Gasteiger charge is 2.29. The fourth-order valence-corrected chi connectivity index (χ4v) is 3.52. The van der Waals surface area contributed by atoms with Crippen LogP contribution in [0.1, 0.15) is 19.3 Å². The molecule has 0 spiro atoms. The molecule has 1 aromatic carbocycles. The third-order valence-electron chi connectivity index (χ3n) is 4.68. The van der Waals surface area contributed by atoms with Gasteiger partial charge < -0.3 is 9.80 Å². The number of amides is 1. The van der Waals surface area contributed by atoms with E-state index in [1.807, 2.05) is 9.80 Å². The van der Waals surface area contributed by atoms with Crippen molar-refractivity contribution in [2.45, 2.75) is 19.3 Å². The number of carbonyl (C=O) groups excluding carboxylic acids is 1. The van der Waals surface area contributed by atoms with Gasteiger partial charge in [-0.1, -0.05) is 23.8 Å². The van der Waals surface area contributed by atoms with Crippen molar-refractivity contribution in [3.63, 3.8) is 0 Å². The standard InChI is InChI=1S/C17H20ClN3O3/c18-14-6-7-15(16(12-14)21(23)24)19-8-10-20(11-9-19)17(22)13-4-2-1-3-5-13/h1-2,6-7,12-13H,3-5,8-11H2. The zero-order valence-corrected chi connectivity index (χ0v) is 14.1. The summed E-state index contributed by atoms with van der Waals surface area (Å²) < 4.78 is 0. The van der Waals surface area contributed by atoms with Gasteiger partial charge in [0.05, 0.1) is 4.92 Å². The number of hydrogen-bond donors (Lipinski definition) is 0.